The number of benzene rings is 1. The van der Waals surface area contributed by atoms with E-state index in [0.29, 0.717) is 6.04 Å². The summed E-state index contributed by atoms with van der Waals surface area (Å²) in [6.07, 6.45) is 3.94. The second-order valence-electron chi connectivity index (χ2n) is 5.40. The molecule has 1 saturated carbocycles. The van der Waals surface area contributed by atoms with E-state index in [1.54, 1.807) is 0 Å². The average Bonchev–Trinajstić information content (AvgIpc) is 2.77. The summed E-state index contributed by atoms with van der Waals surface area (Å²) in [7, 11) is 0. The fraction of sp³-hybridized carbons (Fsp3) is 0.562. The van der Waals surface area contributed by atoms with E-state index in [9.17, 15) is 0 Å². The first-order valence-corrected chi connectivity index (χ1v) is 6.97. The second kappa shape index (κ2) is 6.02. The third-order valence-electron chi connectivity index (χ3n) is 4.38. The minimum Gasteiger partial charge on any atom is -0.310 e. The van der Waals surface area contributed by atoms with E-state index in [1.165, 1.54) is 24.8 Å². The van der Waals surface area contributed by atoms with Crippen LogP contribution in [0.4, 0.5) is 0 Å². The molecule has 0 aromatic heterocycles. The summed E-state index contributed by atoms with van der Waals surface area (Å²) in [5.74, 6) is 1.65. The second-order valence-corrected chi connectivity index (χ2v) is 5.40. The van der Waals surface area contributed by atoms with E-state index in [2.05, 4.69) is 31.3 Å². The zero-order valence-corrected chi connectivity index (χ0v) is 11.3. The SMILES string of the molecule is CCC1CCC(NCc2cccc(C#N)c2)C1C. The van der Waals surface area contributed by atoms with Gasteiger partial charge in [-0.3, -0.25) is 0 Å². The molecule has 2 heteroatoms. The molecular weight excluding hydrogens is 220 g/mol. The molecule has 2 rings (SSSR count). The van der Waals surface area contributed by atoms with Crippen molar-refractivity contribution in [3.05, 3.63) is 35.4 Å². The first kappa shape index (κ1) is 13.1. The van der Waals surface area contributed by atoms with Crippen molar-refractivity contribution in [2.24, 2.45) is 11.8 Å². The standard InChI is InChI=1S/C16H22N2/c1-3-15-7-8-16(12(15)2)18-11-14-6-4-5-13(9-14)10-17/h4-6,9,12,15-16,18H,3,7-8,11H2,1-2H3. The Morgan fingerprint density at radius 3 is 2.89 bits per heavy atom. The van der Waals surface area contributed by atoms with Crippen LogP contribution >= 0.6 is 0 Å². The van der Waals surface area contributed by atoms with Crippen molar-refractivity contribution < 1.29 is 0 Å². The molecule has 18 heavy (non-hydrogen) atoms. The van der Waals surface area contributed by atoms with Crippen LogP contribution in [0.25, 0.3) is 0 Å². The number of nitrogens with zero attached hydrogens (tertiary/aromatic N) is 1. The van der Waals surface area contributed by atoms with Crippen LogP contribution in [-0.4, -0.2) is 6.04 Å². The molecule has 1 aromatic rings. The average molecular weight is 242 g/mol. The molecule has 1 aromatic carbocycles. The molecule has 1 N–H and O–H groups in total. The van der Waals surface area contributed by atoms with Gasteiger partial charge in [-0.2, -0.15) is 5.26 Å². The highest BCUT2D eigenvalue weighted by atomic mass is 14.9. The molecule has 2 nitrogen and oxygen atoms in total. The van der Waals surface area contributed by atoms with Gasteiger partial charge in [-0.25, -0.2) is 0 Å². The Morgan fingerprint density at radius 1 is 1.39 bits per heavy atom. The maximum atomic E-state index is 8.88. The molecule has 0 spiro atoms. The molecule has 1 fully saturated rings. The lowest BCUT2D eigenvalue weighted by Gasteiger charge is -2.21. The Kier molecular flexibility index (Phi) is 4.38. The summed E-state index contributed by atoms with van der Waals surface area (Å²) in [5, 5.41) is 12.5. The lowest BCUT2D eigenvalue weighted by Crippen LogP contribution is -2.32. The van der Waals surface area contributed by atoms with Crippen molar-refractivity contribution in [3.8, 4) is 6.07 Å². The molecule has 3 unspecified atom stereocenters. The molecule has 0 saturated heterocycles. The summed E-state index contributed by atoms with van der Waals surface area (Å²) in [6.45, 7) is 5.53. The van der Waals surface area contributed by atoms with Gasteiger partial charge >= 0.3 is 0 Å². The fourth-order valence-corrected chi connectivity index (χ4v) is 3.11. The van der Waals surface area contributed by atoms with Gasteiger partial charge in [0.2, 0.25) is 0 Å². The molecule has 1 aliphatic carbocycles. The maximum absolute atomic E-state index is 8.88. The van der Waals surface area contributed by atoms with Gasteiger partial charge in [0.1, 0.15) is 0 Å². The van der Waals surface area contributed by atoms with Gasteiger partial charge in [0.15, 0.2) is 0 Å². The van der Waals surface area contributed by atoms with Crippen molar-refractivity contribution in [1.82, 2.24) is 5.32 Å². The number of nitrogens with one attached hydrogen (secondary N) is 1. The summed E-state index contributed by atoms with van der Waals surface area (Å²) >= 11 is 0. The van der Waals surface area contributed by atoms with Gasteiger partial charge in [0.05, 0.1) is 11.6 Å². The highest BCUT2D eigenvalue weighted by molar-refractivity contribution is 5.32. The van der Waals surface area contributed by atoms with Crippen LogP contribution in [0.1, 0.15) is 44.2 Å². The van der Waals surface area contributed by atoms with Crippen LogP contribution in [0.2, 0.25) is 0 Å². The minimum atomic E-state index is 0.640. The van der Waals surface area contributed by atoms with Crippen molar-refractivity contribution in [2.75, 3.05) is 0 Å². The van der Waals surface area contributed by atoms with Gasteiger partial charge in [-0.05, 0) is 42.4 Å². The molecule has 0 amide bonds. The first-order valence-electron chi connectivity index (χ1n) is 6.97. The molecule has 0 bridgehead atoms. The number of nitriles is 1. The fourth-order valence-electron chi connectivity index (χ4n) is 3.11. The van der Waals surface area contributed by atoms with E-state index in [-0.39, 0.29) is 0 Å². The molecule has 96 valence electrons. The topological polar surface area (TPSA) is 35.8 Å². The predicted octanol–water partition coefficient (Wildman–Crippen LogP) is 3.47. The van der Waals surface area contributed by atoms with Crippen LogP contribution in [0.15, 0.2) is 24.3 Å². The Balaban J connectivity index is 1.90. The van der Waals surface area contributed by atoms with Gasteiger partial charge in [0, 0.05) is 12.6 Å². The normalized spacial score (nSPS) is 27.1. The summed E-state index contributed by atoms with van der Waals surface area (Å²) in [4.78, 5) is 0. The van der Waals surface area contributed by atoms with E-state index in [0.717, 1.165) is 23.9 Å². The summed E-state index contributed by atoms with van der Waals surface area (Å²) in [5.41, 5.74) is 1.96. The van der Waals surface area contributed by atoms with E-state index in [1.807, 2.05) is 18.2 Å². The van der Waals surface area contributed by atoms with Crippen LogP contribution < -0.4 is 5.32 Å². The minimum absolute atomic E-state index is 0.640. The van der Waals surface area contributed by atoms with E-state index < -0.39 is 0 Å². The van der Waals surface area contributed by atoms with Crippen molar-refractivity contribution in [3.63, 3.8) is 0 Å². The largest absolute Gasteiger partial charge is 0.310 e. The Morgan fingerprint density at radius 2 is 2.22 bits per heavy atom. The Labute approximate surface area is 110 Å². The first-order chi connectivity index (χ1) is 8.74. The van der Waals surface area contributed by atoms with Crippen molar-refractivity contribution >= 4 is 0 Å². The molecule has 0 aliphatic heterocycles. The van der Waals surface area contributed by atoms with Gasteiger partial charge < -0.3 is 5.32 Å². The number of hydrogen-bond acceptors (Lipinski definition) is 2. The monoisotopic (exact) mass is 242 g/mol. The van der Waals surface area contributed by atoms with Gasteiger partial charge in [-0.15, -0.1) is 0 Å². The maximum Gasteiger partial charge on any atom is 0.0991 e. The van der Waals surface area contributed by atoms with E-state index in [4.69, 9.17) is 5.26 Å². The third-order valence-corrected chi connectivity index (χ3v) is 4.38. The molecule has 3 atom stereocenters. The van der Waals surface area contributed by atoms with Crippen LogP contribution in [0.5, 0.6) is 0 Å². The smallest absolute Gasteiger partial charge is 0.0991 e. The Hall–Kier alpha value is -1.33. The van der Waals surface area contributed by atoms with Crippen LogP contribution in [0.3, 0.4) is 0 Å². The van der Waals surface area contributed by atoms with Crippen LogP contribution in [0, 0.1) is 23.2 Å². The van der Waals surface area contributed by atoms with E-state index >= 15 is 0 Å². The Bertz CT molecular complexity index is 433. The zero-order valence-electron chi connectivity index (χ0n) is 11.3. The quantitative estimate of drug-likeness (QED) is 0.877. The summed E-state index contributed by atoms with van der Waals surface area (Å²) in [6, 6.07) is 10.7. The summed E-state index contributed by atoms with van der Waals surface area (Å²) < 4.78 is 0. The third kappa shape index (κ3) is 2.91. The molecule has 0 radical (unpaired) electrons. The van der Waals surface area contributed by atoms with Crippen molar-refractivity contribution in [2.45, 2.75) is 45.7 Å². The number of hydrogen-bond donors (Lipinski definition) is 1. The number of rotatable bonds is 4. The van der Waals surface area contributed by atoms with Gasteiger partial charge in [0.25, 0.3) is 0 Å². The van der Waals surface area contributed by atoms with Gasteiger partial charge in [-0.1, -0.05) is 32.4 Å². The molecular formula is C16H22N2. The zero-order chi connectivity index (χ0) is 13.0. The molecule has 0 heterocycles. The van der Waals surface area contributed by atoms with Crippen LogP contribution in [-0.2, 0) is 6.54 Å². The van der Waals surface area contributed by atoms with Crippen molar-refractivity contribution in [1.29, 1.82) is 5.26 Å². The highest BCUT2D eigenvalue weighted by Crippen LogP contribution is 2.33. The predicted molar refractivity (Wildman–Crippen MR) is 74.0 cm³/mol. The lowest BCUT2D eigenvalue weighted by atomic mass is 9.93. The highest BCUT2D eigenvalue weighted by Gasteiger charge is 2.30. The molecule has 1 aliphatic rings. The lowest BCUT2D eigenvalue weighted by molar-refractivity contribution is 0.344.